The molecule has 0 atom stereocenters. The molecule has 0 unspecified atom stereocenters. The number of rotatable bonds is 7. The van der Waals surface area contributed by atoms with Crippen molar-refractivity contribution in [1.82, 2.24) is 4.31 Å². The summed E-state index contributed by atoms with van der Waals surface area (Å²) in [5, 5.41) is 6.29. The lowest BCUT2D eigenvalue weighted by atomic mass is 10.2. The zero-order valence-corrected chi connectivity index (χ0v) is 17.1. The van der Waals surface area contributed by atoms with Crippen LogP contribution in [0.25, 0.3) is 0 Å². The first-order valence-corrected chi connectivity index (χ1v) is 9.87. The Kier molecular flexibility index (Phi) is 6.69. The van der Waals surface area contributed by atoms with Crippen molar-refractivity contribution in [1.29, 1.82) is 0 Å². The number of hydrogen-bond acceptors (Lipinski definition) is 5. The molecule has 0 bridgehead atoms. The van der Waals surface area contributed by atoms with Gasteiger partial charge in [-0.25, -0.2) is 12.7 Å². The molecule has 0 aliphatic heterocycles. The second-order valence-electron chi connectivity index (χ2n) is 6.02. The fourth-order valence-corrected chi connectivity index (χ4v) is 3.33. The van der Waals surface area contributed by atoms with E-state index in [-0.39, 0.29) is 17.3 Å². The predicted octanol–water partition coefficient (Wildman–Crippen LogP) is 2.96. The van der Waals surface area contributed by atoms with Crippen LogP contribution in [-0.4, -0.2) is 46.4 Å². The quantitative estimate of drug-likeness (QED) is 0.731. The number of aryl methyl sites for hydroxylation is 1. The number of sulfonamides is 1. The van der Waals surface area contributed by atoms with Gasteiger partial charge in [0.2, 0.25) is 15.9 Å². The van der Waals surface area contributed by atoms with Gasteiger partial charge in [-0.15, -0.1) is 0 Å². The van der Waals surface area contributed by atoms with E-state index in [1.54, 1.807) is 24.3 Å². The molecule has 2 aromatic carbocycles. The van der Waals surface area contributed by atoms with E-state index in [0.717, 1.165) is 9.87 Å². The normalized spacial score (nSPS) is 11.3. The number of hydrogen-bond donors (Lipinski definition) is 2. The van der Waals surface area contributed by atoms with Crippen LogP contribution in [-0.2, 0) is 14.8 Å². The molecule has 0 fully saturated rings. The molecule has 0 heterocycles. The van der Waals surface area contributed by atoms with Crippen molar-refractivity contribution in [2.75, 3.05) is 38.4 Å². The fraction of sp³-hybridized carbons (Fsp3) is 0.278. The van der Waals surface area contributed by atoms with Crippen LogP contribution in [0.5, 0.6) is 5.75 Å². The van der Waals surface area contributed by atoms with Gasteiger partial charge in [-0.2, -0.15) is 0 Å². The highest BCUT2D eigenvalue weighted by molar-refractivity contribution is 7.89. The number of carbonyl (C=O) groups excluding carboxylic acids is 1. The first-order chi connectivity index (χ1) is 12.6. The number of ether oxygens (including phenoxy) is 1. The number of nitrogens with zero attached hydrogens (tertiary/aromatic N) is 1. The second-order valence-corrected chi connectivity index (χ2v) is 8.57. The fourth-order valence-electron chi connectivity index (χ4n) is 2.27. The third-order valence-corrected chi connectivity index (χ3v) is 6.07. The van der Waals surface area contributed by atoms with Crippen LogP contribution in [0, 0.1) is 6.92 Å². The van der Waals surface area contributed by atoms with E-state index in [0.29, 0.717) is 22.1 Å². The molecule has 0 aromatic heterocycles. The van der Waals surface area contributed by atoms with Crippen molar-refractivity contribution in [3.05, 3.63) is 47.0 Å². The summed E-state index contributed by atoms with van der Waals surface area (Å²) in [5.74, 6) is 0.254. The average molecular weight is 412 g/mol. The van der Waals surface area contributed by atoms with E-state index in [9.17, 15) is 13.2 Å². The van der Waals surface area contributed by atoms with E-state index < -0.39 is 10.0 Å². The van der Waals surface area contributed by atoms with Crippen molar-refractivity contribution >= 4 is 38.9 Å². The number of halogens is 1. The predicted molar refractivity (Wildman–Crippen MR) is 107 cm³/mol. The molecule has 0 radical (unpaired) electrons. The molecule has 0 aliphatic rings. The summed E-state index contributed by atoms with van der Waals surface area (Å²) < 4.78 is 30.5. The second kappa shape index (κ2) is 8.60. The average Bonchev–Trinajstić information content (AvgIpc) is 2.62. The summed E-state index contributed by atoms with van der Waals surface area (Å²) in [7, 11) is 0.947. The van der Waals surface area contributed by atoms with Crippen LogP contribution in [0.2, 0.25) is 5.02 Å². The van der Waals surface area contributed by atoms with Gasteiger partial charge in [-0.05, 0) is 42.8 Å². The molecule has 0 saturated heterocycles. The molecule has 2 aromatic rings. The Bertz CT molecular complexity index is 928. The topological polar surface area (TPSA) is 87.7 Å². The van der Waals surface area contributed by atoms with Crippen molar-refractivity contribution in [2.24, 2.45) is 0 Å². The number of anilines is 2. The van der Waals surface area contributed by atoms with Gasteiger partial charge in [0.15, 0.2) is 0 Å². The SMILES string of the molecule is COc1cc(Cl)c(C)cc1NCC(=O)Nc1ccc(S(=O)(=O)N(C)C)cc1. The summed E-state index contributed by atoms with van der Waals surface area (Å²) in [6.45, 7) is 1.87. The number of amides is 1. The molecule has 0 aliphatic carbocycles. The van der Waals surface area contributed by atoms with Gasteiger partial charge in [0.1, 0.15) is 5.75 Å². The van der Waals surface area contributed by atoms with Gasteiger partial charge in [0.25, 0.3) is 0 Å². The highest BCUT2D eigenvalue weighted by atomic mass is 35.5. The first kappa shape index (κ1) is 21.0. The number of methoxy groups -OCH3 is 1. The number of nitrogens with one attached hydrogen (secondary N) is 2. The lowest BCUT2D eigenvalue weighted by Gasteiger charge is -2.14. The Balaban J connectivity index is 2.02. The smallest absolute Gasteiger partial charge is 0.243 e. The van der Waals surface area contributed by atoms with Crippen LogP contribution in [0.3, 0.4) is 0 Å². The molecule has 27 heavy (non-hydrogen) atoms. The lowest BCUT2D eigenvalue weighted by Crippen LogP contribution is -2.23. The van der Waals surface area contributed by atoms with Gasteiger partial charge in [-0.1, -0.05) is 11.6 Å². The van der Waals surface area contributed by atoms with Gasteiger partial charge < -0.3 is 15.4 Å². The minimum absolute atomic E-state index is 0.00911. The Morgan fingerprint density at radius 2 is 1.81 bits per heavy atom. The van der Waals surface area contributed by atoms with Crippen molar-refractivity contribution < 1.29 is 17.9 Å². The maximum Gasteiger partial charge on any atom is 0.243 e. The molecule has 146 valence electrons. The van der Waals surface area contributed by atoms with E-state index in [4.69, 9.17) is 16.3 Å². The van der Waals surface area contributed by atoms with Crippen LogP contribution in [0.15, 0.2) is 41.3 Å². The molecular formula is C18H22ClN3O4S. The van der Waals surface area contributed by atoms with Gasteiger partial charge in [-0.3, -0.25) is 4.79 Å². The summed E-state index contributed by atoms with van der Waals surface area (Å²) in [6, 6.07) is 9.47. The van der Waals surface area contributed by atoms with Crippen LogP contribution in [0.1, 0.15) is 5.56 Å². The zero-order valence-electron chi connectivity index (χ0n) is 15.5. The molecule has 1 amide bonds. The Labute approximate surface area is 164 Å². The third-order valence-electron chi connectivity index (χ3n) is 3.84. The van der Waals surface area contributed by atoms with E-state index in [1.807, 2.05) is 6.92 Å². The Hall–Kier alpha value is -2.29. The van der Waals surface area contributed by atoms with Crippen molar-refractivity contribution in [2.45, 2.75) is 11.8 Å². The summed E-state index contributed by atoms with van der Waals surface area (Å²) >= 11 is 6.07. The van der Waals surface area contributed by atoms with Gasteiger partial charge in [0.05, 0.1) is 24.2 Å². The minimum atomic E-state index is -3.50. The summed E-state index contributed by atoms with van der Waals surface area (Å²) in [6.07, 6.45) is 0. The van der Waals surface area contributed by atoms with E-state index in [2.05, 4.69) is 10.6 Å². The minimum Gasteiger partial charge on any atom is -0.495 e. The van der Waals surface area contributed by atoms with Crippen LogP contribution >= 0.6 is 11.6 Å². The molecule has 2 rings (SSSR count). The van der Waals surface area contributed by atoms with Crippen LogP contribution in [0.4, 0.5) is 11.4 Å². The maximum absolute atomic E-state index is 12.2. The summed E-state index contributed by atoms with van der Waals surface area (Å²) in [4.78, 5) is 12.3. The molecule has 0 saturated carbocycles. The van der Waals surface area contributed by atoms with Crippen molar-refractivity contribution in [3.63, 3.8) is 0 Å². The van der Waals surface area contributed by atoms with Gasteiger partial charge >= 0.3 is 0 Å². The lowest BCUT2D eigenvalue weighted by molar-refractivity contribution is -0.114. The number of benzene rings is 2. The first-order valence-electron chi connectivity index (χ1n) is 8.05. The monoisotopic (exact) mass is 411 g/mol. The molecule has 9 heteroatoms. The largest absolute Gasteiger partial charge is 0.495 e. The third kappa shape index (κ3) is 5.12. The van der Waals surface area contributed by atoms with Crippen molar-refractivity contribution in [3.8, 4) is 5.75 Å². The molecule has 2 N–H and O–H groups in total. The maximum atomic E-state index is 12.2. The van der Waals surface area contributed by atoms with E-state index in [1.165, 1.54) is 33.3 Å². The zero-order chi connectivity index (χ0) is 20.2. The Morgan fingerprint density at radius 3 is 2.37 bits per heavy atom. The highest BCUT2D eigenvalue weighted by Crippen LogP contribution is 2.30. The number of carbonyl (C=O) groups is 1. The van der Waals surface area contributed by atoms with Crippen LogP contribution < -0.4 is 15.4 Å². The molecular weight excluding hydrogens is 390 g/mol. The molecule has 0 spiro atoms. The highest BCUT2D eigenvalue weighted by Gasteiger charge is 2.16. The Morgan fingerprint density at radius 1 is 1.19 bits per heavy atom. The van der Waals surface area contributed by atoms with E-state index >= 15 is 0 Å². The van der Waals surface area contributed by atoms with Gasteiger partial charge in [0, 0.05) is 30.9 Å². The molecule has 7 nitrogen and oxygen atoms in total. The summed E-state index contributed by atoms with van der Waals surface area (Å²) in [5.41, 5.74) is 2.01. The standard InChI is InChI=1S/C18H22ClN3O4S/c1-12-9-16(17(26-4)10-15(12)19)20-11-18(23)21-13-5-7-14(8-6-13)27(24,25)22(2)3/h5-10,20H,11H2,1-4H3,(H,21,23).